The van der Waals surface area contributed by atoms with E-state index in [0.29, 0.717) is 12.1 Å². The van der Waals surface area contributed by atoms with Gasteiger partial charge in [-0.15, -0.1) is 0 Å². The smallest absolute Gasteiger partial charge is 0.547 e. The molecule has 0 aliphatic heterocycles. The van der Waals surface area contributed by atoms with Gasteiger partial charge >= 0.3 is 17.1 Å². The molecule has 0 aromatic carbocycles. The number of rotatable bonds is 20. The second-order valence-corrected chi connectivity index (χ2v) is 8.57. The van der Waals surface area contributed by atoms with Gasteiger partial charge in [-0.25, -0.2) is 4.98 Å². The summed E-state index contributed by atoms with van der Waals surface area (Å²) >= 11 is 0. The molecule has 34 heavy (non-hydrogen) atoms. The molecule has 1 radical (unpaired) electrons. The summed E-state index contributed by atoms with van der Waals surface area (Å²) < 4.78 is 0. The fourth-order valence-corrected chi connectivity index (χ4v) is 3.52. The molecule has 195 valence electrons. The molecule has 1 aromatic rings. The largest absolute Gasteiger partial charge is 2.00 e. The van der Waals surface area contributed by atoms with E-state index in [9.17, 15) is 19.8 Å². The molecule has 0 fully saturated rings. The number of H-pyrrole nitrogens is 1. The number of aliphatic hydroxyl groups excluding tert-OH is 1. The standard InChI is InChI=1S/C20H40O3.C6H6N2O2.Mn/c1-2-3-4-5-6-7-8-9-10-11-12-13-14-15-16-17-18-19(21)20(22)23;9-6(10)2-1-5-3-7-4-8-5;/h19,21H,2-18H2,1H3,(H,22,23);1-4H,(H,7,8)(H,9,10);/q;;+2/p-2. The SMILES string of the molecule is CCCCCCCCCCCCCCCCCCC(O)C(=O)[O-].O=C([O-])C=Cc1c[nH]cn1.[Mn+2]. The van der Waals surface area contributed by atoms with Gasteiger partial charge < -0.3 is 29.9 Å². The molecule has 7 nitrogen and oxygen atoms in total. The Bertz CT molecular complexity index is 608. The molecule has 0 spiro atoms. The average Bonchev–Trinajstić information content (AvgIpc) is 3.31. The maximum absolute atomic E-state index is 10.3. The molecule has 1 unspecified atom stereocenters. The van der Waals surface area contributed by atoms with Crippen molar-refractivity contribution >= 4 is 18.0 Å². The number of hydrogen-bond acceptors (Lipinski definition) is 6. The summed E-state index contributed by atoms with van der Waals surface area (Å²) in [5.74, 6) is -2.56. The second kappa shape index (κ2) is 26.0. The van der Waals surface area contributed by atoms with Crippen LogP contribution in [-0.2, 0) is 26.7 Å². The van der Waals surface area contributed by atoms with Crippen molar-refractivity contribution in [3.63, 3.8) is 0 Å². The van der Waals surface area contributed by atoms with Crippen molar-refractivity contribution in [3.05, 3.63) is 24.3 Å². The summed E-state index contributed by atoms with van der Waals surface area (Å²) in [6, 6.07) is 0. The number of carbonyl (C=O) groups is 2. The number of unbranched alkanes of at least 4 members (excludes halogenated alkanes) is 15. The van der Waals surface area contributed by atoms with Crippen molar-refractivity contribution in [1.29, 1.82) is 0 Å². The topological polar surface area (TPSA) is 129 Å². The Kier molecular flexibility index (Phi) is 26.4. The second-order valence-electron chi connectivity index (χ2n) is 8.57. The van der Waals surface area contributed by atoms with Crippen LogP contribution in [-0.4, -0.2) is 33.1 Å². The predicted molar refractivity (Wildman–Crippen MR) is 128 cm³/mol. The van der Waals surface area contributed by atoms with E-state index in [1.807, 2.05) is 0 Å². The van der Waals surface area contributed by atoms with E-state index >= 15 is 0 Å². The Morgan fingerprint density at radius 2 is 1.32 bits per heavy atom. The molecular formula is C26H44MnN2O5. The van der Waals surface area contributed by atoms with Crippen LogP contribution in [0.5, 0.6) is 0 Å². The van der Waals surface area contributed by atoms with Crippen molar-refractivity contribution in [3.8, 4) is 0 Å². The number of aliphatic carboxylic acids is 2. The van der Waals surface area contributed by atoms with Crippen LogP contribution in [0.4, 0.5) is 0 Å². The van der Waals surface area contributed by atoms with Gasteiger partial charge in [-0.1, -0.05) is 110 Å². The van der Waals surface area contributed by atoms with E-state index in [0.717, 1.165) is 25.3 Å². The van der Waals surface area contributed by atoms with Gasteiger partial charge in [-0.2, -0.15) is 0 Å². The van der Waals surface area contributed by atoms with Gasteiger partial charge in [0.1, 0.15) is 0 Å². The molecule has 1 atom stereocenters. The first-order valence-electron chi connectivity index (χ1n) is 12.7. The average molecular weight is 520 g/mol. The summed E-state index contributed by atoms with van der Waals surface area (Å²) in [4.78, 5) is 26.6. The molecule has 8 heteroatoms. The minimum Gasteiger partial charge on any atom is -0.547 e. The number of hydrogen-bond donors (Lipinski definition) is 2. The third-order valence-electron chi connectivity index (χ3n) is 5.51. The zero-order chi connectivity index (χ0) is 24.6. The zero-order valence-electron chi connectivity index (χ0n) is 20.8. The molecule has 0 bridgehead atoms. The molecular weight excluding hydrogens is 475 g/mol. The fourth-order valence-electron chi connectivity index (χ4n) is 3.52. The first-order chi connectivity index (χ1) is 16.0. The van der Waals surface area contributed by atoms with Crippen molar-refractivity contribution in [2.24, 2.45) is 0 Å². The first-order valence-corrected chi connectivity index (χ1v) is 12.7. The molecule has 0 saturated carbocycles. The number of carbonyl (C=O) groups excluding carboxylic acids is 2. The number of carboxylic acid groups (broad SMARTS) is 2. The minimum absolute atomic E-state index is 0. The molecule has 1 heterocycles. The fraction of sp³-hybridized carbons (Fsp3) is 0.731. The minimum atomic E-state index is -1.34. The van der Waals surface area contributed by atoms with Crippen molar-refractivity contribution in [2.75, 3.05) is 0 Å². The molecule has 0 aliphatic rings. The van der Waals surface area contributed by atoms with Gasteiger partial charge in [0, 0.05) is 6.20 Å². The number of aromatic amines is 1. The van der Waals surface area contributed by atoms with Crippen LogP contribution in [0.2, 0.25) is 0 Å². The quantitative estimate of drug-likeness (QED) is 0.153. The third kappa shape index (κ3) is 25.0. The Morgan fingerprint density at radius 3 is 1.68 bits per heavy atom. The maximum Gasteiger partial charge on any atom is 2.00 e. The third-order valence-corrected chi connectivity index (χ3v) is 5.51. The van der Waals surface area contributed by atoms with Crippen molar-refractivity contribution in [2.45, 2.75) is 122 Å². The van der Waals surface area contributed by atoms with Gasteiger partial charge in [-0.05, 0) is 18.6 Å². The maximum atomic E-state index is 10.3. The van der Waals surface area contributed by atoms with Crippen LogP contribution in [0, 0.1) is 0 Å². The predicted octanol–water partition coefficient (Wildman–Crippen LogP) is 3.92. The first kappa shape index (κ1) is 34.5. The Morgan fingerprint density at radius 1 is 0.882 bits per heavy atom. The number of aromatic nitrogens is 2. The number of aliphatic hydroxyl groups is 1. The van der Waals surface area contributed by atoms with Gasteiger partial charge in [0.2, 0.25) is 0 Å². The molecule has 0 saturated heterocycles. The van der Waals surface area contributed by atoms with Crippen LogP contribution in [0.1, 0.15) is 122 Å². The summed E-state index contributed by atoms with van der Waals surface area (Å²) in [6.45, 7) is 2.27. The molecule has 1 rings (SSSR count). The van der Waals surface area contributed by atoms with Crippen LogP contribution in [0.15, 0.2) is 18.6 Å². The van der Waals surface area contributed by atoms with Crippen LogP contribution in [0.3, 0.4) is 0 Å². The van der Waals surface area contributed by atoms with E-state index in [4.69, 9.17) is 5.11 Å². The Hall–Kier alpha value is -1.63. The summed E-state index contributed by atoms with van der Waals surface area (Å²) in [5, 5.41) is 29.3. The number of imidazole rings is 1. The van der Waals surface area contributed by atoms with Gasteiger partial charge in [-0.3, -0.25) is 0 Å². The summed E-state index contributed by atoms with van der Waals surface area (Å²) in [6.07, 6.45) is 25.2. The molecule has 1 aromatic heterocycles. The monoisotopic (exact) mass is 519 g/mol. The Labute approximate surface area is 216 Å². The van der Waals surface area contributed by atoms with Gasteiger partial charge in [0.15, 0.2) is 0 Å². The van der Waals surface area contributed by atoms with E-state index in [2.05, 4.69) is 16.9 Å². The number of nitrogens with zero attached hydrogens (tertiary/aromatic N) is 1. The molecule has 0 aliphatic carbocycles. The van der Waals surface area contributed by atoms with E-state index in [-0.39, 0.29) is 17.1 Å². The van der Waals surface area contributed by atoms with E-state index in [1.54, 1.807) is 6.20 Å². The molecule has 2 N–H and O–H groups in total. The molecule has 0 amide bonds. The van der Waals surface area contributed by atoms with E-state index in [1.165, 1.54) is 95.9 Å². The van der Waals surface area contributed by atoms with Gasteiger partial charge in [0.05, 0.1) is 30.1 Å². The van der Waals surface area contributed by atoms with Crippen LogP contribution in [0.25, 0.3) is 6.08 Å². The van der Waals surface area contributed by atoms with E-state index < -0.39 is 18.0 Å². The normalized spacial score (nSPS) is 11.5. The van der Waals surface area contributed by atoms with Crippen molar-refractivity contribution in [1.82, 2.24) is 9.97 Å². The number of carboxylic acids is 2. The van der Waals surface area contributed by atoms with Crippen LogP contribution < -0.4 is 10.2 Å². The van der Waals surface area contributed by atoms with Gasteiger partial charge in [0.25, 0.3) is 0 Å². The van der Waals surface area contributed by atoms with Crippen LogP contribution >= 0.6 is 0 Å². The summed E-state index contributed by atoms with van der Waals surface area (Å²) in [7, 11) is 0. The van der Waals surface area contributed by atoms with Crippen molar-refractivity contribution < 1.29 is 42.0 Å². The Balaban J connectivity index is 0. The number of nitrogens with one attached hydrogen (secondary N) is 1. The zero-order valence-corrected chi connectivity index (χ0v) is 22.0. The summed E-state index contributed by atoms with van der Waals surface area (Å²) in [5.41, 5.74) is 0.573.